The SMILES string of the molecule is CC#CCCNc1ccc(Cl)cc1. The highest BCUT2D eigenvalue weighted by Gasteiger charge is 1.89. The smallest absolute Gasteiger partial charge is 0.0407 e. The van der Waals surface area contributed by atoms with Crippen molar-refractivity contribution in [3.05, 3.63) is 29.3 Å². The molecular formula is C11H12ClN. The molecule has 0 spiro atoms. The van der Waals surface area contributed by atoms with Gasteiger partial charge in [-0.05, 0) is 31.2 Å². The number of hydrogen-bond donors (Lipinski definition) is 1. The van der Waals surface area contributed by atoms with Gasteiger partial charge >= 0.3 is 0 Å². The van der Waals surface area contributed by atoms with Crippen LogP contribution in [0.15, 0.2) is 24.3 Å². The van der Waals surface area contributed by atoms with Gasteiger partial charge in [0.05, 0.1) is 0 Å². The van der Waals surface area contributed by atoms with Crippen LogP contribution in [-0.2, 0) is 0 Å². The molecule has 0 aliphatic rings. The first-order valence-corrected chi connectivity index (χ1v) is 4.60. The highest BCUT2D eigenvalue weighted by molar-refractivity contribution is 6.30. The van der Waals surface area contributed by atoms with E-state index in [0.29, 0.717) is 0 Å². The van der Waals surface area contributed by atoms with E-state index >= 15 is 0 Å². The maximum absolute atomic E-state index is 5.75. The summed E-state index contributed by atoms with van der Waals surface area (Å²) >= 11 is 5.75. The topological polar surface area (TPSA) is 12.0 Å². The van der Waals surface area contributed by atoms with Crippen LogP contribution in [0.1, 0.15) is 13.3 Å². The van der Waals surface area contributed by atoms with E-state index in [4.69, 9.17) is 11.6 Å². The van der Waals surface area contributed by atoms with E-state index in [-0.39, 0.29) is 0 Å². The van der Waals surface area contributed by atoms with Crippen LogP contribution in [0.25, 0.3) is 0 Å². The zero-order chi connectivity index (χ0) is 9.52. The molecule has 0 aromatic heterocycles. The average molecular weight is 194 g/mol. The average Bonchev–Trinajstić information content (AvgIpc) is 2.15. The van der Waals surface area contributed by atoms with E-state index in [1.807, 2.05) is 31.2 Å². The van der Waals surface area contributed by atoms with Crippen molar-refractivity contribution in [2.75, 3.05) is 11.9 Å². The maximum atomic E-state index is 5.75. The molecule has 1 aromatic rings. The molecular weight excluding hydrogens is 182 g/mol. The van der Waals surface area contributed by atoms with Gasteiger partial charge in [0.25, 0.3) is 0 Å². The minimum atomic E-state index is 0.763. The molecule has 0 unspecified atom stereocenters. The Bertz CT molecular complexity index is 305. The van der Waals surface area contributed by atoms with Gasteiger partial charge in [0, 0.05) is 23.7 Å². The number of anilines is 1. The Morgan fingerprint density at radius 1 is 1.31 bits per heavy atom. The highest BCUT2D eigenvalue weighted by atomic mass is 35.5. The Kier molecular flexibility index (Phi) is 4.21. The van der Waals surface area contributed by atoms with Crippen molar-refractivity contribution in [3.63, 3.8) is 0 Å². The molecule has 13 heavy (non-hydrogen) atoms. The number of halogens is 1. The lowest BCUT2D eigenvalue weighted by atomic mass is 10.3. The molecule has 1 aromatic carbocycles. The van der Waals surface area contributed by atoms with Crippen LogP contribution in [0.5, 0.6) is 0 Å². The Labute approximate surface area is 84.1 Å². The minimum absolute atomic E-state index is 0.763. The first-order chi connectivity index (χ1) is 6.33. The quantitative estimate of drug-likeness (QED) is 0.575. The van der Waals surface area contributed by atoms with Crippen molar-refractivity contribution in [3.8, 4) is 11.8 Å². The summed E-state index contributed by atoms with van der Waals surface area (Å²) in [5, 5.41) is 4.01. The van der Waals surface area contributed by atoms with E-state index in [9.17, 15) is 0 Å². The second kappa shape index (κ2) is 5.50. The molecule has 68 valence electrons. The number of nitrogens with one attached hydrogen (secondary N) is 1. The summed E-state index contributed by atoms with van der Waals surface area (Å²) in [4.78, 5) is 0. The summed E-state index contributed by atoms with van der Waals surface area (Å²) in [7, 11) is 0. The number of rotatable bonds is 3. The standard InChI is InChI=1S/C11H12ClN/c1-2-3-4-9-13-11-7-5-10(12)6-8-11/h5-8,13H,4,9H2,1H3. The largest absolute Gasteiger partial charge is 0.384 e. The molecule has 0 atom stereocenters. The molecule has 1 nitrogen and oxygen atoms in total. The molecule has 0 amide bonds. The van der Waals surface area contributed by atoms with Crippen molar-refractivity contribution >= 4 is 17.3 Å². The van der Waals surface area contributed by atoms with E-state index in [1.54, 1.807) is 0 Å². The molecule has 0 heterocycles. The molecule has 0 aliphatic heterocycles. The van der Waals surface area contributed by atoms with Crippen LogP contribution in [0.2, 0.25) is 5.02 Å². The van der Waals surface area contributed by atoms with Crippen LogP contribution in [-0.4, -0.2) is 6.54 Å². The lowest BCUT2D eigenvalue weighted by Crippen LogP contribution is -1.99. The highest BCUT2D eigenvalue weighted by Crippen LogP contribution is 2.12. The van der Waals surface area contributed by atoms with Crippen molar-refractivity contribution < 1.29 is 0 Å². The predicted octanol–water partition coefficient (Wildman–Crippen LogP) is 3.17. The van der Waals surface area contributed by atoms with Crippen molar-refractivity contribution in [1.82, 2.24) is 0 Å². The molecule has 0 radical (unpaired) electrons. The Morgan fingerprint density at radius 3 is 2.62 bits per heavy atom. The van der Waals surface area contributed by atoms with E-state index in [2.05, 4.69) is 17.2 Å². The first kappa shape index (κ1) is 9.95. The molecule has 0 saturated heterocycles. The van der Waals surface area contributed by atoms with Gasteiger partial charge < -0.3 is 5.32 Å². The van der Waals surface area contributed by atoms with Crippen molar-refractivity contribution in [2.45, 2.75) is 13.3 Å². The zero-order valence-corrected chi connectivity index (χ0v) is 8.36. The van der Waals surface area contributed by atoms with Gasteiger partial charge in [-0.15, -0.1) is 11.8 Å². The van der Waals surface area contributed by atoms with E-state index in [0.717, 1.165) is 23.7 Å². The predicted molar refractivity (Wildman–Crippen MR) is 58.0 cm³/mol. The molecule has 0 saturated carbocycles. The van der Waals surface area contributed by atoms with Gasteiger partial charge in [-0.2, -0.15) is 0 Å². The third-order valence-electron chi connectivity index (χ3n) is 1.60. The van der Waals surface area contributed by atoms with Crippen molar-refractivity contribution in [2.24, 2.45) is 0 Å². The Hall–Kier alpha value is -1.13. The van der Waals surface area contributed by atoms with Crippen molar-refractivity contribution in [1.29, 1.82) is 0 Å². The fourth-order valence-corrected chi connectivity index (χ4v) is 1.09. The molecule has 0 bridgehead atoms. The second-order valence-electron chi connectivity index (χ2n) is 2.61. The molecule has 0 fully saturated rings. The van der Waals surface area contributed by atoms with Gasteiger partial charge in [0.2, 0.25) is 0 Å². The lowest BCUT2D eigenvalue weighted by Gasteiger charge is -2.02. The summed E-state index contributed by atoms with van der Waals surface area (Å²) < 4.78 is 0. The lowest BCUT2D eigenvalue weighted by molar-refractivity contribution is 1.10. The summed E-state index contributed by atoms with van der Waals surface area (Å²) in [5.41, 5.74) is 1.09. The first-order valence-electron chi connectivity index (χ1n) is 4.22. The molecule has 0 aliphatic carbocycles. The van der Waals surface area contributed by atoms with Crippen LogP contribution >= 0.6 is 11.6 Å². The van der Waals surface area contributed by atoms with Crippen LogP contribution in [0, 0.1) is 11.8 Å². The number of hydrogen-bond acceptors (Lipinski definition) is 1. The van der Waals surface area contributed by atoms with Gasteiger partial charge in [-0.1, -0.05) is 11.6 Å². The van der Waals surface area contributed by atoms with Crippen LogP contribution in [0.3, 0.4) is 0 Å². The van der Waals surface area contributed by atoms with Crippen LogP contribution in [0.4, 0.5) is 5.69 Å². The van der Waals surface area contributed by atoms with E-state index < -0.39 is 0 Å². The fraction of sp³-hybridized carbons (Fsp3) is 0.273. The molecule has 1 rings (SSSR count). The van der Waals surface area contributed by atoms with Crippen LogP contribution < -0.4 is 5.32 Å². The number of benzene rings is 1. The summed E-state index contributed by atoms with van der Waals surface area (Å²) in [6.07, 6.45) is 0.874. The normalized spacial score (nSPS) is 8.77. The summed E-state index contributed by atoms with van der Waals surface area (Å²) in [5.74, 6) is 5.84. The Balaban J connectivity index is 2.36. The minimum Gasteiger partial charge on any atom is -0.384 e. The zero-order valence-electron chi connectivity index (χ0n) is 7.60. The Morgan fingerprint density at radius 2 is 2.00 bits per heavy atom. The monoisotopic (exact) mass is 193 g/mol. The summed E-state index contributed by atoms with van der Waals surface area (Å²) in [6.45, 7) is 2.73. The third-order valence-corrected chi connectivity index (χ3v) is 1.85. The molecule has 2 heteroatoms. The van der Waals surface area contributed by atoms with Gasteiger partial charge in [-0.25, -0.2) is 0 Å². The van der Waals surface area contributed by atoms with Gasteiger partial charge in [0.1, 0.15) is 0 Å². The summed E-state index contributed by atoms with van der Waals surface area (Å²) in [6, 6.07) is 7.66. The van der Waals surface area contributed by atoms with Gasteiger partial charge in [0.15, 0.2) is 0 Å². The second-order valence-corrected chi connectivity index (χ2v) is 3.05. The third kappa shape index (κ3) is 3.87. The maximum Gasteiger partial charge on any atom is 0.0407 e. The van der Waals surface area contributed by atoms with E-state index in [1.165, 1.54) is 0 Å². The fourth-order valence-electron chi connectivity index (χ4n) is 0.962. The molecule has 1 N–H and O–H groups in total. The van der Waals surface area contributed by atoms with Gasteiger partial charge in [-0.3, -0.25) is 0 Å².